The van der Waals surface area contributed by atoms with E-state index in [0.29, 0.717) is 17.1 Å². The van der Waals surface area contributed by atoms with Crippen molar-refractivity contribution in [2.24, 2.45) is 0 Å². The summed E-state index contributed by atoms with van der Waals surface area (Å²) in [6, 6.07) is 11.6. The molecule has 0 aliphatic carbocycles. The van der Waals surface area contributed by atoms with Gasteiger partial charge in [0.1, 0.15) is 11.5 Å². The molecule has 0 unspecified atom stereocenters. The Morgan fingerprint density at radius 1 is 1.21 bits per heavy atom. The third-order valence-electron chi connectivity index (χ3n) is 2.74. The van der Waals surface area contributed by atoms with Crippen LogP contribution >= 0.6 is 0 Å². The average molecular weight is 259 g/mol. The average Bonchev–Trinajstić information content (AvgIpc) is 2.41. The molecular formula is C14H13NO4. The van der Waals surface area contributed by atoms with Crippen molar-refractivity contribution in [2.75, 3.05) is 0 Å². The minimum absolute atomic E-state index is 0.0683. The molecule has 0 heterocycles. The summed E-state index contributed by atoms with van der Waals surface area (Å²) in [5, 5.41) is 19.9. The summed E-state index contributed by atoms with van der Waals surface area (Å²) < 4.78 is 5.68. The molecule has 5 nitrogen and oxygen atoms in total. The molecule has 2 aromatic carbocycles. The van der Waals surface area contributed by atoms with Gasteiger partial charge >= 0.3 is 0 Å². The van der Waals surface area contributed by atoms with E-state index in [1.807, 2.05) is 25.1 Å². The van der Waals surface area contributed by atoms with Crippen LogP contribution in [0.25, 0.3) is 0 Å². The summed E-state index contributed by atoms with van der Waals surface area (Å²) >= 11 is 0. The molecule has 0 radical (unpaired) electrons. The first-order chi connectivity index (χ1) is 9.11. The topological polar surface area (TPSA) is 72.6 Å². The lowest BCUT2D eigenvalue weighted by atomic mass is 10.2. The number of non-ortho nitro benzene ring substituents is 1. The summed E-state index contributed by atoms with van der Waals surface area (Å²) in [5.74, 6) is 1.08. The lowest BCUT2D eigenvalue weighted by molar-refractivity contribution is -0.385. The number of rotatable bonds is 4. The number of hydrogen-bond donors (Lipinski definition) is 1. The second-order valence-corrected chi connectivity index (χ2v) is 4.07. The molecule has 0 saturated heterocycles. The van der Waals surface area contributed by atoms with Crippen LogP contribution in [0.2, 0.25) is 0 Å². The monoisotopic (exact) mass is 259 g/mol. The van der Waals surface area contributed by atoms with Gasteiger partial charge in [-0.15, -0.1) is 0 Å². The highest BCUT2D eigenvalue weighted by molar-refractivity contribution is 5.46. The predicted molar refractivity (Wildman–Crippen MR) is 70.3 cm³/mol. The summed E-state index contributed by atoms with van der Waals surface area (Å²) in [7, 11) is 0. The fourth-order valence-corrected chi connectivity index (χ4v) is 1.69. The number of nitro benzene ring substituents is 1. The van der Waals surface area contributed by atoms with Gasteiger partial charge in [-0.05, 0) is 24.6 Å². The van der Waals surface area contributed by atoms with Crippen LogP contribution in [-0.4, -0.2) is 10.0 Å². The van der Waals surface area contributed by atoms with Gasteiger partial charge in [0, 0.05) is 17.7 Å². The molecule has 98 valence electrons. The van der Waals surface area contributed by atoms with E-state index in [0.717, 1.165) is 5.56 Å². The largest absolute Gasteiger partial charge is 0.457 e. The van der Waals surface area contributed by atoms with Crippen LogP contribution in [0.4, 0.5) is 5.69 Å². The Morgan fingerprint density at radius 2 is 1.95 bits per heavy atom. The lowest BCUT2D eigenvalue weighted by Crippen LogP contribution is -1.95. The molecule has 0 fully saturated rings. The van der Waals surface area contributed by atoms with Gasteiger partial charge in [0.15, 0.2) is 0 Å². The van der Waals surface area contributed by atoms with Crippen LogP contribution in [0.3, 0.4) is 0 Å². The Balaban J connectivity index is 2.35. The maximum Gasteiger partial charge on any atom is 0.270 e. The quantitative estimate of drug-likeness (QED) is 0.676. The fraction of sp³-hybridized carbons (Fsp3) is 0.143. The molecule has 0 saturated carbocycles. The Morgan fingerprint density at radius 3 is 2.58 bits per heavy atom. The van der Waals surface area contributed by atoms with E-state index in [-0.39, 0.29) is 12.3 Å². The van der Waals surface area contributed by atoms with Crippen molar-refractivity contribution in [1.29, 1.82) is 0 Å². The van der Waals surface area contributed by atoms with Crippen molar-refractivity contribution in [3.05, 3.63) is 63.7 Å². The zero-order chi connectivity index (χ0) is 13.8. The number of nitro groups is 1. The zero-order valence-electron chi connectivity index (χ0n) is 10.4. The number of hydrogen-bond acceptors (Lipinski definition) is 4. The highest BCUT2D eigenvalue weighted by Crippen LogP contribution is 2.30. The fourth-order valence-electron chi connectivity index (χ4n) is 1.69. The standard InChI is InChI=1S/C14H13NO4/c1-10-4-2-3-5-13(10)19-14-7-6-12(15(17)18)8-11(14)9-16/h2-8,16H,9H2,1H3. The van der Waals surface area contributed by atoms with Crippen molar-refractivity contribution in [2.45, 2.75) is 13.5 Å². The Labute approximate surface area is 110 Å². The van der Waals surface area contributed by atoms with Gasteiger partial charge in [0.2, 0.25) is 0 Å². The van der Waals surface area contributed by atoms with E-state index >= 15 is 0 Å². The van der Waals surface area contributed by atoms with E-state index < -0.39 is 4.92 Å². The highest BCUT2D eigenvalue weighted by Gasteiger charge is 2.12. The predicted octanol–water partition coefficient (Wildman–Crippen LogP) is 3.19. The van der Waals surface area contributed by atoms with Gasteiger partial charge in [0.25, 0.3) is 5.69 Å². The molecule has 0 bridgehead atoms. The van der Waals surface area contributed by atoms with Crippen molar-refractivity contribution in [3.63, 3.8) is 0 Å². The molecule has 0 aliphatic rings. The Hall–Kier alpha value is -2.40. The number of benzene rings is 2. The van der Waals surface area contributed by atoms with Crippen LogP contribution in [-0.2, 0) is 6.61 Å². The minimum Gasteiger partial charge on any atom is -0.457 e. The summed E-state index contributed by atoms with van der Waals surface area (Å²) in [6.07, 6.45) is 0. The van der Waals surface area contributed by atoms with Crippen LogP contribution in [0.15, 0.2) is 42.5 Å². The van der Waals surface area contributed by atoms with E-state index in [1.165, 1.54) is 18.2 Å². The van der Waals surface area contributed by atoms with Gasteiger partial charge in [-0.1, -0.05) is 18.2 Å². The maximum atomic E-state index is 10.7. The molecular weight excluding hydrogens is 246 g/mol. The third kappa shape index (κ3) is 2.89. The third-order valence-corrected chi connectivity index (χ3v) is 2.74. The van der Waals surface area contributed by atoms with E-state index in [2.05, 4.69) is 0 Å². The van der Waals surface area contributed by atoms with Crippen LogP contribution in [0, 0.1) is 17.0 Å². The van der Waals surface area contributed by atoms with Crippen LogP contribution in [0.5, 0.6) is 11.5 Å². The number of aliphatic hydroxyl groups excluding tert-OH is 1. The molecule has 0 aromatic heterocycles. The van der Waals surface area contributed by atoms with Crippen LogP contribution in [0.1, 0.15) is 11.1 Å². The molecule has 5 heteroatoms. The molecule has 0 atom stereocenters. The molecule has 0 aliphatic heterocycles. The van der Waals surface area contributed by atoms with Gasteiger partial charge in [-0.2, -0.15) is 0 Å². The van der Waals surface area contributed by atoms with Gasteiger partial charge in [-0.25, -0.2) is 0 Å². The van der Waals surface area contributed by atoms with Crippen molar-refractivity contribution in [1.82, 2.24) is 0 Å². The first-order valence-corrected chi connectivity index (χ1v) is 5.73. The summed E-state index contributed by atoms with van der Waals surface area (Å²) in [5.41, 5.74) is 1.27. The molecule has 2 aromatic rings. The van der Waals surface area contributed by atoms with Gasteiger partial charge in [0.05, 0.1) is 11.5 Å². The Kier molecular flexibility index (Phi) is 3.77. The SMILES string of the molecule is Cc1ccccc1Oc1ccc([N+](=O)[O-])cc1CO. The second kappa shape index (κ2) is 5.49. The summed E-state index contributed by atoms with van der Waals surface area (Å²) in [6.45, 7) is 1.59. The molecule has 2 rings (SSSR count). The zero-order valence-corrected chi connectivity index (χ0v) is 10.4. The van der Waals surface area contributed by atoms with Gasteiger partial charge in [-0.3, -0.25) is 10.1 Å². The number of nitrogens with zero attached hydrogens (tertiary/aromatic N) is 1. The maximum absolute atomic E-state index is 10.7. The number of ether oxygens (including phenoxy) is 1. The van der Waals surface area contributed by atoms with Crippen LogP contribution < -0.4 is 4.74 Å². The molecule has 19 heavy (non-hydrogen) atoms. The molecule has 1 N–H and O–H groups in total. The molecule has 0 amide bonds. The van der Waals surface area contributed by atoms with Crippen molar-refractivity contribution in [3.8, 4) is 11.5 Å². The first kappa shape index (κ1) is 13.0. The van der Waals surface area contributed by atoms with Crippen molar-refractivity contribution >= 4 is 5.69 Å². The Bertz CT molecular complexity index is 610. The van der Waals surface area contributed by atoms with E-state index in [4.69, 9.17) is 4.74 Å². The number of para-hydroxylation sites is 1. The lowest BCUT2D eigenvalue weighted by Gasteiger charge is -2.11. The van der Waals surface area contributed by atoms with Gasteiger partial charge < -0.3 is 9.84 Å². The highest BCUT2D eigenvalue weighted by atomic mass is 16.6. The molecule has 0 spiro atoms. The first-order valence-electron chi connectivity index (χ1n) is 5.73. The number of aryl methyl sites for hydroxylation is 1. The van der Waals surface area contributed by atoms with Crippen molar-refractivity contribution < 1.29 is 14.8 Å². The minimum atomic E-state index is -0.503. The van der Waals surface area contributed by atoms with E-state index in [9.17, 15) is 15.2 Å². The normalized spacial score (nSPS) is 10.2. The second-order valence-electron chi connectivity index (χ2n) is 4.07. The summed E-state index contributed by atoms with van der Waals surface area (Å²) in [4.78, 5) is 10.2. The number of aliphatic hydroxyl groups is 1. The van der Waals surface area contributed by atoms with E-state index in [1.54, 1.807) is 6.07 Å². The smallest absolute Gasteiger partial charge is 0.270 e.